The molecule has 20 nitrogen and oxygen atoms in total. The van der Waals surface area contributed by atoms with Gasteiger partial charge in [-0.15, -0.1) is 0 Å². The molecule has 1 fully saturated rings. The van der Waals surface area contributed by atoms with Crippen molar-refractivity contribution >= 4 is 57.3 Å². The van der Waals surface area contributed by atoms with Gasteiger partial charge >= 0.3 is 11.9 Å². The molecule has 5 amide bonds. The molecule has 0 saturated carbocycles. The number of carbonyl (C=O) groups is 7. The molecule has 1 aromatic rings. The topological polar surface area (TPSA) is 339 Å². The summed E-state index contributed by atoms with van der Waals surface area (Å²) in [5.41, 5.74) is 11.0. The highest BCUT2D eigenvalue weighted by Gasteiger charge is 2.34. The van der Waals surface area contributed by atoms with Gasteiger partial charge in [0.25, 0.3) is 0 Å². The second kappa shape index (κ2) is 17.3. The van der Waals surface area contributed by atoms with E-state index in [0.29, 0.717) is 5.56 Å². The van der Waals surface area contributed by atoms with Gasteiger partial charge in [0.05, 0.1) is 18.7 Å². The Kier molecular flexibility index (Phi) is 13.9. The third kappa shape index (κ3) is 13.6. The van der Waals surface area contributed by atoms with Crippen molar-refractivity contribution in [1.82, 2.24) is 26.6 Å². The van der Waals surface area contributed by atoms with Gasteiger partial charge in [0.2, 0.25) is 29.5 Å². The molecule has 0 aromatic heterocycles. The number of sulfone groups is 1. The first-order chi connectivity index (χ1) is 22.0. The SMILES string of the molecule is NC(N)=NCCC[C@@H]1NC(=O)[C@H](Cc2ccc(O)cc2)NC(=O)CS(=O)(=O)C[C@@H](C(=O)O)NC(=O)[C@H](CC(=O)O)NC(=O)CNC1=O. The minimum absolute atomic E-state index is 0.0390. The number of nitrogens with one attached hydrogen (secondary N) is 5. The summed E-state index contributed by atoms with van der Waals surface area (Å²) in [6, 6.07) is -1.47. The number of nitrogens with zero attached hydrogens (tertiary/aromatic N) is 1. The molecular weight excluding hydrogens is 648 g/mol. The standard InChI is InChI=1S/C26H36N8O12S/c27-26(28)29-7-1-2-15-22(40)30-10-19(36)31-17(9-21(38)39)24(42)34-18(25(43)44)11-47(45,46)12-20(37)32-16(23(41)33-15)8-13-3-5-14(35)6-4-13/h3-6,15-18,35H,1-2,7-12H2,(H,30,40)(H,31,36)(H,32,37)(H,33,41)(H,34,42)(H,38,39)(H,43,44)(H4,27,28,29)/t15-,16-,17-,18-/m0/s1. The Morgan fingerprint density at radius 3 is 2.06 bits per heavy atom. The van der Waals surface area contributed by atoms with E-state index < -0.39 is 100.0 Å². The van der Waals surface area contributed by atoms with Crippen LogP contribution in [0, 0.1) is 0 Å². The number of phenols is 1. The van der Waals surface area contributed by atoms with Gasteiger partial charge in [0.1, 0.15) is 35.7 Å². The molecule has 0 radical (unpaired) electrons. The highest BCUT2D eigenvalue weighted by atomic mass is 32.2. The zero-order chi connectivity index (χ0) is 35.3. The van der Waals surface area contributed by atoms with E-state index in [1.165, 1.54) is 24.3 Å². The van der Waals surface area contributed by atoms with Crippen LogP contribution in [-0.4, -0.2) is 120 Å². The summed E-state index contributed by atoms with van der Waals surface area (Å²) < 4.78 is 25.7. The van der Waals surface area contributed by atoms with Gasteiger partial charge < -0.3 is 53.4 Å². The Bertz CT molecular complexity index is 1500. The fraction of sp³-hybridized carbons (Fsp3) is 0.462. The second-order valence-corrected chi connectivity index (χ2v) is 12.5. The van der Waals surface area contributed by atoms with Crippen LogP contribution >= 0.6 is 0 Å². The Hall–Kier alpha value is -5.47. The maximum absolute atomic E-state index is 13.4. The molecule has 12 N–H and O–H groups in total. The Balaban J connectivity index is 2.48. The number of carbonyl (C=O) groups excluding carboxylic acids is 5. The van der Waals surface area contributed by atoms with Crippen LogP contribution in [0.3, 0.4) is 0 Å². The number of nitrogens with two attached hydrogens (primary N) is 2. The van der Waals surface area contributed by atoms with Gasteiger partial charge in [0, 0.05) is 13.0 Å². The molecule has 21 heteroatoms. The van der Waals surface area contributed by atoms with Gasteiger partial charge in [-0.25, -0.2) is 13.2 Å². The van der Waals surface area contributed by atoms with Crippen molar-refractivity contribution < 1.29 is 57.3 Å². The lowest BCUT2D eigenvalue weighted by Gasteiger charge is -2.24. The number of aromatic hydroxyl groups is 1. The van der Waals surface area contributed by atoms with Gasteiger partial charge in [-0.1, -0.05) is 12.1 Å². The lowest BCUT2D eigenvalue weighted by Crippen LogP contribution is -2.58. The summed E-state index contributed by atoms with van der Waals surface area (Å²) in [4.78, 5) is 91.7. The fourth-order valence-corrected chi connectivity index (χ4v) is 5.57. The molecule has 258 valence electrons. The lowest BCUT2D eigenvalue weighted by molar-refractivity contribution is -0.143. The number of carboxylic acids is 2. The van der Waals surface area contributed by atoms with E-state index in [1.807, 2.05) is 10.6 Å². The molecule has 2 rings (SSSR count). The third-order valence-electron chi connectivity index (χ3n) is 6.45. The van der Waals surface area contributed by atoms with Crippen molar-refractivity contribution in [3.05, 3.63) is 29.8 Å². The van der Waals surface area contributed by atoms with Gasteiger partial charge in [-0.05, 0) is 30.5 Å². The average molecular weight is 685 g/mol. The first kappa shape index (κ1) is 37.7. The first-order valence-corrected chi connectivity index (χ1v) is 15.7. The Labute approximate surface area is 267 Å². The number of amides is 5. The number of aliphatic carboxylic acids is 2. The first-order valence-electron chi connectivity index (χ1n) is 13.9. The summed E-state index contributed by atoms with van der Waals surface area (Å²) in [6.45, 7) is -0.787. The number of hydrogen-bond donors (Lipinski definition) is 10. The van der Waals surface area contributed by atoms with E-state index in [1.54, 1.807) is 0 Å². The molecule has 1 aromatic carbocycles. The highest BCUT2D eigenvalue weighted by Crippen LogP contribution is 2.12. The van der Waals surface area contributed by atoms with E-state index in [0.717, 1.165) is 0 Å². The minimum Gasteiger partial charge on any atom is -0.508 e. The number of benzene rings is 1. The molecule has 1 aliphatic rings. The van der Waals surface area contributed by atoms with Crippen LogP contribution < -0.4 is 38.1 Å². The fourth-order valence-electron chi connectivity index (χ4n) is 4.24. The van der Waals surface area contributed by atoms with Crippen LogP contribution in [0.25, 0.3) is 0 Å². The molecule has 4 atom stereocenters. The molecule has 0 unspecified atom stereocenters. The smallest absolute Gasteiger partial charge is 0.327 e. The molecule has 1 saturated heterocycles. The molecule has 1 aliphatic heterocycles. The molecule has 0 bridgehead atoms. The average Bonchev–Trinajstić information content (AvgIpc) is 2.96. The number of phenolic OH excluding ortho intramolecular Hbond substituents is 1. The van der Waals surface area contributed by atoms with Crippen LogP contribution in [0.1, 0.15) is 24.8 Å². The van der Waals surface area contributed by atoms with Crippen LogP contribution in [-0.2, 0) is 49.8 Å². The van der Waals surface area contributed by atoms with E-state index in [9.17, 15) is 57.3 Å². The number of rotatable bonds is 9. The van der Waals surface area contributed by atoms with Crippen molar-refractivity contribution in [2.75, 3.05) is 24.6 Å². The summed E-state index contributed by atoms with van der Waals surface area (Å²) in [7, 11) is -4.61. The van der Waals surface area contributed by atoms with E-state index in [2.05, 4.69) is 20.9 Å². The number of aliphatic imine (C=N–C) groups is 1. The zero-order valence-electron chi connectivity index (χ0n) is 24.8. The quantitative estimate of drug-likeness (QED) is 0.0662. The molecule has 47 heavy (non-hydrogen) atoms. The van der Waals surface area contributed by atoms with Crippen LogP contribution in [0.2, 0.25) is 0 Å². The number of guanidine groups is 1. The van der Waals surface area contributed by atoms with E-state index >= 15 is 0 Å². The van der Waals surface area contributed by atoms with Crippen LogP contribution in [0.5, 0.6) is 5.75 Å². The van der Waals surface area contributed by atoms with Crippen molar-refractivity contribution in [2.24, 2.45) is 16.5 Å². The van der Waals surface area contributed by atoms with Crippen LogP contribution in [0.4, 0.5) is 0 Å². The summed E-state index contributed by atoms with van der Waals surface area (Å²) in [5.74, 6) is -11.9. The Morgan fingerprint density at radius 1 is 0.851 bits per heavy atom. The van der Waals surface area contributed by atoms with Gasteiger partial charge in [-0.2, -0.15) is 0 Å². The maximum atomic E-state index is 13.4. The normalized spacial score (nSPS) is 22.9. The van der Waals surface area contributed by atoms with E-state index in [-0.39, 0.29) is 37.5 Å². The number of carboxylic acid groups (broad SMARTS) is 2. The molecule has 0 aliphatic carbocycles. The zero-order valence-corrected chi connectivity index (χ0v) is 25.6. The Morgan fingerprint density at radius 2 is 1.47 bits per heavy atom. The third-order valence-corrected chi connectivity index (χ3v) is 7.99. The largest absolute Gasteiger partial charge is 0.508 e. The van der Waals surface area contributed by atoms with Crippen molar-refractivity contribution in [2.45, 2.75) is 49.9 Å². The van der Waals surface area contributed by atoms with E-state index in [4.69, 9.17) is 11.5 Å². The van der Waals surface area contributed by atoms with Crippen molar-refractivity contribution in [3.8, 4) is 5.75 Å². The predicted molar refractivity (Wildman–Crippen MR) is 161 cm³/mol. The number of hydrogen-bond acceptors (Lipinski definition) is 11. The highest BCUT2D eigenvalue weighted by molar-refractivity contribution is 7.92. The van der Waals surface area contributed by atoms with Crippen molar-refractivity contribution in [1.29, 1.82) is 0 Å². The van der Waals surface area contributed by atoms with Gasteiger partial charge in [0.15, 0.2) is 15.8 Å². The predicted octanol–water partition coefficient (Wildman–Crippen LogP) is -4.97. The monoisotopic (exact) mass is 684 g/mol. The minimum atomic E-state index is -4.61. The molecular formula is C26H36N8O12S. The molecule has 1 heterocycles. The molecule has 0 spiro atoms. The summed E-state index contributed by atoms with van der Waals surface area (Å²) in [5, 5.41) is 39.1. The lowest BCUT2D eigenvalue weighted by atomic mass is 10.0. The summed E-state index contributed by atoms with van der Waals surface area (Å²) >= 11 is 0. The summed E-state index contributed by atoms with van der Waals surface area (Å²) in [6.07, 6.45) is -1.24. The van der Waals surface area contributed by atoms with Crippen LogP contribution in [0.15, 0.2) is 29.3 Å². The maximum Gasteiger partial charge on any atom is 0.327 e. The van der Waals surface area contributed by atoms with Gasteiger partial charge in [-0.3, -0.25) is 33.8 Å². The van der Waals surface area contributed by atoms with Crippen molar-refractivity contribution in [3.63, 3.8) is 0 Å². The second-order valence-electron chi connectivity index (χ2n) is 10.4.